The first-order valence-corrected chi connectivity index (χ1v) is 18.0. The second kappa shape index (κ2) is 16.4. The number of carbonyl (C=O) groups is 2. The number of aromatic nitrogens is 1. The number of amides is 2. The fourth-order valence-corrected chi connectivity index (χ4v) is 6.79. The van der Waals surface area contributed by atoms with Gasteiger partial charge in [-0.1, -0.05) is 32.0 Å². The van der Waals surface area contributed by atoms with Gasteiger partial charge in [0, 0.05) is 83.4 Å². The minimum Gasteiger partial charge on any atom is -0.509 e. The van der Waals surface area contributed by atoms with Gasteiger partial charge < -0.3 is 19.9 Å². The van der Waals surface area contributed by atoms with Crippen molar-refractivity contribution >= 4 is 40.1 Å². The Hall–Kier alpha value is -4.01. The molecule has 18 heteroatoms. The van der Waals surface area contributed by atoms with Gasteiger partial charge in [0.2, 0.25) is 5.82 Å². The summed E-state index contributed by atoms with van der Waals surface area (Å²) in [5.41, 5.74) is -4.61. The molecule has 2 N–H and O–H groups in total. The third kappa shape index (κ3) is 8.45. The molecule has 2 aliphatic rings. The second-order valence-corrected chi connectivity index (χ2v) is 14.0. The Kier molecular flexibility index (Phi) is 12.5. The van der Waals surface area contributed by atoms with E-state index in [2.05, 4.69) is 15.2 Å². The summed E-state index contributed by atoms with van der Waals surface area (Å²) in [4.78, 5) is 33.5. The number of anilines is 1. The summed E-state index contributed by atoms with van der Waals surface area (Å²) in [6.07, 6.45) is -3.70. The van der Waals surface area contributed by atoms with E-state index in [-0.39, 0.29) is 47.6 Å². The van der Waals surface area contributed by atoms with Crippen molar-refractivity contribution in [1.82, 2.24) is 19.9 Å². The molecule has 0 aliphatic carbocycles. The van der Waals surface area contributed by atoms with Gasteiger partial charge in [-0.3, -0.25) is 24.5 Å². The summed E-state index contributed by atoms with van der Waals surface area (Å²) in [5.74, 6) is -5.80. The lowest BCUT2D eigenvalue weighted by Gasteiger charge is -2.49. The van der Waals surface area contributed by atoms with Crippen molar-refractivity contribution in [3.8, 4) is 16.9 Å². The van der Waals surface area contributed by atoms with Crippen LogP contribution in [0.3, 0.4) is 0 Å². The highest BCUT2D eigenvalue weighted by molar-refractivity contribution is 14.1. The van der Waals surface area contributed by atoms with Gasteiger partial charge in [-0.15, -0.1) is 0 Å². The number of benzene rings is 2. The first kappa shape index (κ1) is 41.2. The van der Waals surface area contributed by atoms with Crippen molar-refractivity contribution in [2.45, 2.75) is 48.9 Å². The zero-order chi connectivity index (χ0) is 39.6. The highest BCUT2D eigenvalue weighted by Gasteiger charge is 2.50. The number of nitrogens with zero attached hydrogens (tertiary/aromatic N) is 4. The topological polar surface area (TPSA) is 107 Å². The van der Waals surface area contributed by atoms with Gasteiger partial charge in [0.25, 0.3) is 11.8 Å². The molecule has 0 atom stereocenters. The quantitative estimate of drug-likeness (QED) is 0.0838. The first-order chi connectivity index (χ1) is 25.4. The summed E-state index contributed by atoms with van der Waals surface area (Å²) in [6.45, 7) is 5.82. The minimum absolute atomic E-state index is 0.0715. The summed E-state index contributed by atoms with van der Waals surface area (Å²) in [5, 5.41) is 16.3. The maximum Gasteiger partial charge on any atom is 0.433 e. The van der Waals surface area contributed by atoms with Crippen LogP contribution in [0.2, 0.25) is 0 Å². The average molecular weight is 880 g/mol. The van der Waals surface area contributed by atoms with Gasteiger partial charge in [-0.05, 0) is 37.1 Å². The van der Waals surface area contributed by atoms with E-state index in [1.807, 2.05) is 0 Å². The number of nitrogens with one attached hydrogen (secondary N) is 1. The molecule has 1 saturated heterocycles. The third-order valence-corrected chi connectivity index (χ3v) is 10.3. The SMILES string of the molecule is CCC1(CC)C(O)=C(C(=O)Nc2ccc(C(F)(F)I)cc2-c2ccc(C(F)(F)F)nc2)C(=O)N(Cc2ccc(OCCN3CCOCC3)c(F)c2F)N1C. The molecule has 292 valence electrons. The maximum atomic E-state index is 15.5. The number of rotatable bonds is 12. The zero-order valence-corrected chi connectivity index (χ0v) is 31.5. The van der Waals surface area contributed by atoms with Crippen LogP contribution < -0.4 is 10.1 Å². The van der Waals surface area contributed by atoms with Gasteiger partial charge >= 0.3 is 10.1 Å². The van der Waals surface area contributed by atoms with Crippen LogP contribution in [0, 0.1) is 11.6 Å². The summed E-state index contributed by atoms with van der Waals surface area (Å²) in [6, 6.07) is 7.13. The Bertz CT molecular complexity index is 1900. The molecule has 1 fully saturated rings. The monoisotopic (exact) mass is 879 g/mol. The lowest BCUT2D eigenvalue weighted by Crippen LogP contribution is -2.62. The van der Waals surface area contributed by atoms with E-state index < -0.39 is 68.2 Å². The maximum absolute atomic E-state index is 15.5. The summed E-state index contributed by atoms with van der Waals surface area (Å²) < 4.78 is 107. The molecule has 0 unspecified atom stereocenters. The molecule has 1 aromatic heterocycles. The number of hydrogen-bond donors (Lipinski definition) is 2. The Morgan fingerprint density at radius 1 is 1.04 bits per heavy atom. The predicted octanol–water partition coefficient (Wildman–Crippen LogP) is 7.44. The van der Waals surface area contributed by atoms with E-state index in [1.54, 1.807) is 13.8 Å². The molecule has 5 rings (SSSR count). The lowest BCUT2D eigenvalue weighted by atomic mass is 9.84. The molecule has 2 aromatic carbocycles. The van der Waals surface area contributed by atoms with Crippen LogP contribution in [0.15, 0.2) is 60.0 Å². The molecule has 3 heterocycles. The summed E-state index contributed by atoms with van der Waals surface area (Å²) >= 11 is 0.874. The number of hydrazine groups is 1. The number of hydrogen-bond acceptors (Lipinski definition) is 8. The molecule has 10 nitrogen and oxygen atoms in total. The average Bonchev–Trinajstić information content (AvgIpc) is 3.13. The van der Waals surface area contributed by atoms with Gasteiger partial charge in [0.1, 0.15) is 23.6 Å². The van der Waals surface area contributed by atoms with Gasteiger partial charge in [0.15, 0.2) is 11.6 Å². The normalized spacial score (nSPS) is 17.2. The molecule has 0 spiro atoms. The Balaban J connectivity index is 1.45. The lowest BCUT2D eigenvalue weighted by molar-refractivity contribution is -0.164. The van der Waals surface area contributed by atoms with E-state index in [0.717, 1.165) is 58.1 Å². The fourth-order valence-electron chi connectivity index (χ4n) is 6.46. The molecule has 3 aromatic rings. The number of pyridine rings is 1. The second-order valence-electron chi connectivity index (χ2n) is 12.6. The Morgan fingerprint density at radius 3 is 2.31 bits per heavy atom. The minimum atomic E-state index is -4.78. The molecule has 2 amide bonds. The van der Waals surface area contributed by atoms with Crippen LogP contribution in [-0.2, 0) is 31.0 Å². The van der Waals surface area contributed by atoms with Crippen LogP contribution in [0.25, 0.3) is 11.1 Å². The number of aliphatic hydroxyl groups excluding tert-OH is 1. The van der Waals surface area contributed by atoms with Crippen LogP contribution >= 0.6 is 22.6 Å². The van der Waals surface area contributed by atoms with Gasteiger partial charge in [-0.25, -0.2) is 9.40 Å². The fraction of sp³-hybridized carbons (Fsp3) is 0.417. The van der Waals surface area contributed by atoms with E-state index in [1.165, 1.54) is 24.2 Å². The third-order valence-electron chi connectivity index (χ3n) is 9.68. The highest BCUT2D eigenvalue weighted by atomic mass is 127. The predicted molar refractivity (Wildman–Crippen MR) is 192 cm³/mol. The van der Waals surface area contributed by atoms with Crippen LogP contribution in [-0.4, -0.2) is 88.9 Å². The van der Waals surface area contributed by atoms with E-state index in [4.69, 9.17) is 9.47 Å². The van der Waals surface area contributed by atoms with E-state index >= 15 is 8.78 Å². The zero-order valence-electron chi connectivity index (χ0n) is 29.4. The molecule has 54 heavy (non-hydrogen) atoms. The molecule has 0 bridgehead atoms. The standard InChI is InChI=1S/C36H37F7IN5O5/c1-4-34(5-2)31(50)28(32(51)46-25-9-8-23(36(42,43)44)18-24(25)21-7-11-27(45-19-21)35(39,40)41)33(52)49(47(34)3)20-22-6-10-26(30(38)29(22)37)54-17-14-48-12-15-53-16-13-48/h6-11,18-19,50H,4-5,12-17,20H2,1-3H3,(H,46,51). The molecule has 0 radical (unpaired) electrons. The molecule has 0 saturated carbocycles. The number of alkyl halides is 6. The smallest absolute Gasteiger partial charge is 0.433 e. The number of aliphatic hydroxyl groups is 1. The number of carbonyl (C=O) groups excluding carboxylic acids is 2. The van der Waals surface area contributed by atoms with E-state index in [9.17, 15) is 36.6 Å². The Morgan fingerprint density at radius 2 is 1.72 bits per heavy atom. The van der Waals surface area contributed by atoms with Crippen molar-refractivity contribution in [2.75, 3.05) is 51.8 Å². The van der Waals surface area contributed by atoms with E-state index in [0.29, 0.717) is 38.9 Å². The van der Waals surface area contributed by atoms with Crippen LogP contribution in [0.4, 0.5) is 36.4 Å². The number of morpholine rings is 1. The van der Waals surface area contributed by atoms with Gasteiger partial charge in [-0.2, -0.15) is 26.3 Å². The van der Waals surface area contributed by atoms with Crippen LogP contribution in [0.5, 0.6) is 5.75 Å². The van der Waals surface area contributed by atoms with Gasteiger partial charge in [0.05, 0.1) is 25.3 Å². The van der Waals surface area contributed by atoms with Crippen molar-refractivity contribution in [2.24, 2.45) is 0 Å². The molecule has 2 aliphatic heterocycles. The van der Waals surface area contributed by atoms with Crippen molar-refractivity contribution < 1.29 is 54.9 Å². The molecular weight excluding hydrogens is 842 g/mol. The van der Waals surface area contributed by atoms with Crippen LogP contribution in [0.1, 0.15) is 43.5 Å². The summed E-state index contributed by atoms with van der Waals surface area (Å²) in [7, 11) is 1.45. The number of halogens is 8. The largest absolute Gasteiger partial charge is 0.509 e. The molecular formula is C36H37F7IN5O5. The van der Waals surface area contributed by atoms with Crippen molar-refractivity contribution in [3.63, 3.8) is 0 Å². The number of likely N-dealkylation sites (N-methyl/N-ethyl adjacent to an activating group) is 1. The Labute approximate surface area is 320 Å². The number of ether oxygens (including phenoxy) is 2. The highest BCUT2D eigenvalue weighted by Crippen LogP contribution is 2.42. The van der Waals surface area contributed by atoms with Crippen molar-refractivity contribution in [3.05, 3.63) is 88.4 Å². The first-order valence-electron chi connectivity index (χ1n) is 16.9. The van der Waals surface area contributed by atoms with Crippen molar-refractivity contribution in [1.29, 1.82) is 0 Å².